The van der Waals surface area contributed by atoms with E-state index in [1.165, 1.54) is 0 Å². The molecule has 0 aliphatic carbocycles. The largest absolute Gasteiger partial charge is 0.454 e. The zero-order chi connectivity index (χ0) is 23.8. The number of piperazine rings is 1. The van der Waals surface area contributed by atoms with Gasteiger partial charge in [-0.05, 0) is 67.6 Å². The molecule has 1 fully saturated rings. The number of rotatable bonds is 6. The summed E-state index contributed by atoms with van der Waals surface area (Å²) in [6.07, 6.45) is 0. The summed E-state index contributed by atoms with van der Waals surface area (Å²) in [6, 6.07) is 7.63. The molecule has 0 aromatic heterocycles. The maximum absolute atomic E-state index is 13.4. The molecule has 2 aliphatic rings. The number of fused-ring (bicyclic) bond motifs is 1. The smallest absolute Gasteiger partial charge is 0.243 e. The summed E-state index contributed by atoms with van der Waals surface area (Å²) < 4.78 is 39.0. The first-order valence-corrected chi connectivity index (χ1v) is 12.6. The predicted molar refractivity (Wildman–Crippen MR) is 125 cm³/mol. The third kappa shape index (κ3) is 4.85. The summed E-state index contributed by atoms with van der Waals surface area (Å²) in [7, 11) is -3.59. The van der Waals surface area contributed by atoms with E-state index in [4.69, 9.17) is 9.47 Å². The van der Waals surface area contributed by atoms with Crippen molar-refractivity contribution in [3.8, 4) is 11.5 Å². The van der Waals surface area contributed by atoms with E-state index >= 15 is 0 Å². The zero-order valence-corrected chi connectivity index (χ0v) is 20.4. The van der Waals surface area contributed by atoms with E-state index in [9.17, 15) is 13.2 Å². The van der Waals surface area contributed by atoms with Gasteiger partial charge in [-0.2, -0.15) is 4.31 Å². The highest BCUT2D eigenvalue weighted by Gasteiger charge is 2.32. The van der Waals surface area contributed by atoms with E-state index in [0.29, 0.717) is 49.1 Å². The van der Waals surface area contributed by atoms with Gasteiger partial charge in [0.05, 0.1) is 11.4 Å². The van der Waals surface area contributed by atoms with Crippen LogP contribution in [0.2, 0.25) is 0 Å². The molecule has 33 heavy (non-hydrogen) atoms. The lowest BCUT2D eigenvalue weighted by Gasteiger charge is -2.34. The predicted octanol–water partition coefficient (Wildman–Crippen LogP) is 2.27. The topological polar surface area (TPSA) is 88.2 Å². The molecule has 9 heteroatoms. The van der Waals surface area contributed by atoms with Gasteiger partial charge in [-0.3, -0.25) is 9.69 Å². The van der Waals surface area contributed by atoms with Crippen LogP contribution in [0.15, 0.2) is 29.2 Å². The van der Waals surface area contributed by atoms with Crippen LogP contribution in [-0.4, -0.2) is 63.0 Å². The van der Waals surface area contributed by atoms with E-state index in [1.54, 1.807) is 4.31 Å². The monoisotopic (exact) mass is 473 g/mol. The quantitative estimate of drug-likeness (QED) is 0.693. The number of ether oxygens (including phenoxy) is 2. The van der Waals surface area contributed by atoms with Crippen molar-refractivity contribution in [2.75, 3.05) is 39.5 Å². The molecule has 0 bridgehead atoms. The summed E-state index contributed by atoms with van der Waals surface area (Å²) in [5.41, 5.74) is 4.51. The first-order chi connectivity index (χ1) is 15.7. The highest BCUT2D eigenvalue weighted by Crippen LogP contribution is 2.32. The Balaban J connectivity index is 1.32. The van der Waals surface area contributed by atoms with Crippen LogP contribution in [0, 0.1) is 27.7 Å². The Morgan fingerprint density at radius 3 is 2.24 bits per heavy atom. The van der Waals surface area contributed by atoms with Crippen LogP contribution in [-0.2, 0) is 21.4 Å². The van der Waals surface area contributed by atoms with E-state index < -0.39 is 10.0 Å². The van der Waals surface area contributed by atoms with Gasteiger partial charge in [0, 0.05) is 32.7 Å². The van der Waals surface area contributed by atoms with Crippen LogP contribution in [0.3, 0.4) is 0 Å². The molecule has 0 unspecified atom stereocenters. The third-order valence-electron chi connectivity index (χ3n) is 6.52. The van der Waals surface area contributed by atoms with Gasteiger partial charge in [0.15, 0.2) is 11.5 Å². The summed E-state index contributed by atoms with van der Waals surface area (Å²) in [4.78, 5) is 14.9. The molecular formula is C24H31N3O5S. The summed E-state index contributed by atoms with van der Waals surface area (Å²) in [5.74, 6) is 1.31. The molecule has 1 amide bonds. The van der Waals surface area contributed by atoms with Gasteiger partial charge in [-0.15, -0.1) is 0 Å². The summed E-state index contributed by atoms with van der Waals surface area (Å²) in [6.45, 7) is 10.2. The molecule has 2 aliphatic heterocycles. The minimum absolute atomic E-state index is 0.0926. The number of amides is 1. The van der Waals surface area contributed by atoms with E-state index in [0.717, 1.165) is 27.8 Å². The van der Waals surface area contributed by atoms with Gasteiger partial charge >= 0.3 is 0 Å². The number of aryl methyl sites for hydroxylation is 2. The van der Waals surface area contributed by atoms with Gasteiger partial charge in [0.1, 0.15) is 0 Å². The summed E-state index contributed by atoms with van der Waals surface area (Å²) >= 11 is 0. The number of sulfonamides is 1. The minimum atomic E-state index is -3.59. The van der Waals surface area contributed by atoms with Crippen molar-refractivity contribution in [1.29, 1.82) is 0 Å². The molecule has 8 nitrogen and oxygen atoms in total. The van der Waals surface area contributed by atoms with Crippen molar-refractivity contribution >= 4 is 15.9 Å². The number of hydrogen-bond donors (Lipinski definition) is 1. The molecular weight excluding hydrogens is 442 g/mol. The average Bonchev–Trinajstić information content (AvgIpc) is 3.25. The Labute approximate surface area is 195 Å². The van der Waals surface area contributed by atoms with Crippen LogP contribution >= 0.6 is 0 Å². The van der Waals surface area contributed by atoms with Gasteiger partial charge in [0.25, 0.3) is 0 Å². The molecule has 0 saturated carbocycles. The highest BCUT2D eigenvalue weighted by atomic mass is 32.2. The zero-order valence-electron chi connectivity index (χ0n) is 19.6. The Bertz CT molecular complexity index is 1140. The van der Waals surface area contributed by atoms with Crippen molar-refractivity contribution in [2.45, 2.75) is 39.1 Å². The van der Waals surface area contributed by atoms with E-state index in [-0.39, 0.29) is 19.2 Å². The molecule has 4 rings (SSSR count). The lowest BCUT2D eigenvalue weighted by molar-refractivity contribution is -0.122. The van der Waals surface area contributed by atoms with Gasteiger partial charge < -0.3 is 14.8 Å². The molecule has 2 aromatic rings. The molecule has 0 spiro atoms. The minimum Gasteiger partial charge on any atom is -0.454 e. The third-order valence-corrected chi connectivity index (χ3v) is 8.69. The number of benzene rings is 2. The summed E-state index contributed by atoms with van der Waals surface area (Å²) in [5, 5.41) is 2.92. The Kier molecular flexibility index (Phi) is 6.65. The van der Waals surface area contributed by atoms with Crippen LogP contribution in [0.1, 0.15) is 27.8 Å². The highest BCUT2D eigenvalue weighted by molar-refractivity contribution is 7.89. The van der Waals surface area contributed by atoms with Gasteiger partial charge in [-0.25, -0.2) is 8.42 Å². The van der Waals surface area contributed by atoms with Crippen LogP contribution < -0.4 is 14.8 Å². The van der Waals surface area contributed by atoms with Gasteiger partial charge in [-0.1, -0.05) is 12.1 Å². The van der Waals surface area contributed by atoms with Gasteiger partial charge in [0.2, 0.25) is 22.7 Å². The second-order valence-corrected chi connectivity index (χ2v) is 10.6. The Morgan fingerprint density at radius 1 is 0.939 bits per heavy atom. The van der Waals surface area contributed by atoms with Crippen LogP contribution in [0.4, 0.5) is 0 Å². The second-order valence-electron chi connectivity index (χ2n) is 8.73. The number of nitrogens with zero attached hydrogens (tertiary/aromatic N) is 2. The van der Waals surface area contributed by atoms with Crippen molar-refractivity contribution in [3.63, 3.8) is 0 Å². The molecule has 178 valence electrons. The average molecular weight is 474 g/mol. The Hall–Kier alpha value is -2.62. The molecule has 1 saturated heterocycles. The Morgan fingerprint density at radius 2 is 1.58 bits per heavy atom. The number of carbonyl (C=O) groups excluding carboxylic acids is 1. The lowest BCUT2D eigenvalue weighted by atomic mass is 10.0. The van der Waals surface area contributed by atoms with Crippen molar-refractivity contribution in [1.82, 2.24) is 14.5 Å². The standard InChI is InChI=1S/C24H31N3O5S/c1-16-11-17(2)19(4)24(18(16)3)33(29,30)27-9-7-26(8-10-27)14-23(28)25-13-20-5-6-21-22(12-20)32-15-31-21/h5-6,11-12H,7-10,13-15H2,1-4H3,(H,25,28). The van der Waals surface area contributed by atoms with Crippen molar-refractivity contribution < 1.29 is 22.7 Å². The fraction of sp³-hybridized carbons (Fsp3) is 0.458. The maximum atomic E-state index is 13.4. The fourth-order valence-electron chi connectivity index (χ4n) is 4.34. The van der Waals surface area contributed by atoms with E-state index in [1.807, 2.05) is 56.9 Å². The number of hydrogen-bond acceptors (Lipinski definition) is 6. The fourth-order valence-corrected chi connectivity index (χ4v) is 6.33. The second kappa shape index (κ2) is 9.32. The molecule has 0 atom stereocenters. The maximum Gasteiger partial charge on any atom is 0.243 e. The number of carbonyl (C=O) groups is 1. The molecule has 1 N–H and O–H groups in total. The first-order valence-electron chi connectivity index (χ1n) is 11.1. The molecule has 2 heterocycles. The molecule has 2 aromatic carbocycles. The van der Waals surface area contributed by atoms with E-state index in [2.05, 4.69) is 5.32 Å². The van der Waals surface area contributed by atoms with Crippen molar-refractivity contribution in [3.05, 3.63) is 52.1 Å². The lowest BCUT2D eigenvalue weighted by Crippen LogP contribution is -2.51. The van der Waals surface area contributed by atoms with Crippen LogP contribution in [0.5, 0.6) is 11.5 Å². The SMILES string of the molecule is Cc1cc(C)c(C)c(S(=O)(=O)N2CCN(CC(=O)NCc3ccc4c(c3)OCO4)CC2)c1C. The molecule has 0 radical (unpaired) electrons. The van der Waals surface area contributed by atoms with Crippen LogP contribution in [0.25, 0.3) is 0 Å². The number of nitrogens with one attached hydrogen (secondary N) is 1. The van der Waals surface area contributed by atoms with Crippen molar-refractivity contribution in [2.24, 2.45) is 0 Å². The normalized spacial score (nSPS) is 16.7. The first kappa shape index (κ1) is 23.5.